The van der Waals surface area contributed by atoms with Gasteiger partial charge in [-0.05, 0) is 60.1 Å². The first-order chi connectivity index (χ1) is 11.7. The van der Waals surface area contributed by atoms with Crippen LogP contribution in [0, 0.1) is 0 Å². The molecule has 0 N–H and O–H groups in total. The van der Waals surface area contributed by atoms with E-state index in [-0.39, 0.29) is 5.75 Å². The van der Waals surface area contributed by atoms with Crippen LogP contribution in [0.1, 0.15) is 22.3 Å². The van der Waals surface area contributed by atoms with Crippen molar-refractivity contribution in [3.8, 4) is 5.75 Å². The summed E-state index contributed by atoms with van der Waals surface area (Å²) in [7, 11) is -5.69. The fourth-order valence-corrected chi connectivity index (χ4v) is 3.82. The molecule has 2 aromatic carbocycles. The van der Waals surface area contributed by atoms with Crippen molar-refractivity contribution in [3.63, 3.8) is 0 Å². The van der Waals surface area contributed by atoms with E-state index in [2.05, 4.69) is 20.1 Å². The summed E-state index contributed by atoms with van der Waals surface area (Å²) in [6.45, 7) is 0. The minimum Gasteiger partial charge on any atom is -0.376 e. The van der Waals surface area contributed by atoms with Crippen molar-refractivity contribution >= 4 is 26.0 Å². The fourth-order valence-electron chi connectivity index (χ4n) is 2.71. The number of benzene rings is 2. The molecule has 0 spiro atoms. The summed E-state index contributed by atoms with van der Waals surface area (Å²) in [4.78, 5) is 0. The van der Waals surface area contributed by atoms with Crippen LogP contribution in [0.3, 0.4) is 0 Å². The summed E-state index contributed by atoms with van der Waals surface area (Å²) in [6, 6.07) is 10.9. The molecular formula is C17H14BrF3O3S. The molecule has 0 amide bonds. The van der Waals surface area contributed by atoms with Crippen LogP contribution >= 0.6 is 15.9 Å². The van der Waals surface area contributed by atoms with Crippen molar-refractivity contribution in [2.45, 2.75) is 31.2 Å². The maximum absolute atomic E-state index is 12.6. The van der Waals surface area contributed by atoms with Crippen LogP contribution in [0.4, 0.5) is 13.2 Å². The Bertz CT molecular complexity index is 908. The third-order valence-electron chi connectivity index (χ3n) is 4.10. The average molecular weight is 435 g/mol. The van der Waals surface area contributed by atoms with Crippen molar-refractivity contribution in [3.05, 3.63) is 63.1 Å². The number of hydrogen-bond acceptors (Lipinski definition) is 3. The Hall–Kier alpha value is -1.54. The highest BCUT2D eigenvalue weighted by atomic mass is 79.9. The lowest BCUT2D eigenvalue weighted by Crippen LogP contribution is -2.28. The van der Waals surface area contributed by atoms with E-state index >= 15 is 0 Å². The normalized spacial score (nSPS) is 14.9. The van der Waals surface area contributed by atoms with Gasteiger partial charge < -0.3 is 4.18 Å². The van der Waals surface area contributed by atoms with Gasteiger partial charge in [-0.1, -0.05) is 40.2 Å². The molecule has 25 heavy (non-hydrogen) atoms. The number of alkyl halides is 3. The Balaban J connectivity index is 1.99. The molecule has 2 aromatic rings. The number of halogens is 4. The Labute approximate surface area is 152 Å². The fraction of sp³-hybridized carbons (Fsp3) is 0.294. The lowest BCUT2D eigenvalue weighted by molar-refractivity contribution is -0.0500. The minimum atomic E-state index is -5.69. The summed E-state index contributed by atoms with van der Waals surface area (Å²) < 4.78 is 66.1. The second-order valence-electron chi connectivity index (χ2n) is 5.85. The largest absolute Gasteiger partial charge is 0.534 e. The quantitative estimate of drug-likeness (QED) is 0.513. The summed E-state index contributed by atoms with van der Waals surface area (Å²) >= 11 is 3.51. The van der Waals surface area contributed by atoms with Gasteiger partial charge in [-0.25, -0.2) is 0 Å². The molecule has 0 atom stereocenters. The monoisotopic (exact) mass is 434 g/mol. The Morgan fingerprint density at radius 1 is 0.880 bits per heavy atom. The summed E-state index contributed by atoms with van der Waals surface area (Å²) in [5.74, 6) is -0.249. The molecule has 6 rings (SSSR count). The van der Waals surface area contributed by atoms with E-state index in [1.807, 2.05) is 18.2 Å². The highest BCUT2D eigenvalue weighted by Gasteiger charge is 2.48. The van der Waals surface area contributed by atoms with E-state index in [4.69, 9.17) is 0 Å². The second-order valence-corrected chi connectivity index (χ2v) is 8.24. The molecular weight excluding hydrogens is 421 g/mol. The Kier molecular flexibility index (Phi) is 4.85. The summed E-state index contributed by atoms with van der Waals surface area (Å²) in [6.07, 6.45) is 2.15. The van der Waals surface area contributed by atoms with E-state index < -0.39 is 15.6 Å². The van der Waals surface area contributed by atoms with Crippen LogP contribution in [0.5, 0.6) is 5.75 Å². The first-order valence-electron chi connectivity index (χ1n) is 7.55. The van der Waals surface area contributed by atoms with E-state index in [9.17, 15) is 21.6 Å². The van der Waals surface area contributed by atoms with Crippen molar-refractivity contribution in [1.82, 2.24) is 0 Å². The van der Waals surface area contributed by atoms with Gasteiger partial charge in [-0.15, -0.1) is 0 Å². The van der Waals surface area contributed by atoms with Crippen molar-refractivity contribution < 1.29 is 25.8 Å². The van der Waals surface area contributed by atoms with Gasteiger partial charge in [-0.2, -0.15) is 21.6 Å². The van der Waals surface area contributed by atoms with Crippen LogP contribution < -0.4 is 4.18 Å². The zero-order chi connectivity index (χ0) is 18.2. The van der Waals surface area contributed by atoms with Crippen LogP contribution in [-0.2, 0) is 35.8 Å². The molecule has 0 heterocycles. The van der Waals surface area contributed by atoms with E-state index in [0.29, 0.717) is 31.2 Å². The molecule has 0 aliphatic heterocycles. The molecule has 4 aliphatic rings. The van der Waals surface area contributed by atoms with Gasteiger partial charge in [-0.3, -0.25) is 0 Å². The standard InChI is InChI=1S/C17H14BrF3O3S/c18-15-9-11-1-2-12-4-6-14(8-7-13(15)5-3-11)16(10-12)24-25(22,23)17(19,20)21/h3-6,9-10H,1-2,7-8H2. The van der Waals surface area contributed by atoms with Gasteiger partial charge in [0.25, 0.3) is 0 Å². The first-order valence-corrected chi connectivity index (χ1v) is 9.76. The van der Waals surface area contributed by atoms with Gasteiger partial charge in [0.15, 0.2) is 0 Å². The Morgan fingerprint density at radius 3 is 2.04 bits per heavy atom. The highest BCUT2D eigenvalue weighted by Crippen LogP contribution is 2.32. The highest BCUT2D eigenvalue weighted by molar-refractivity contribution is 9.10. The van der Waals surface area contributed by atoms with Gasteiger partial charge in [0.2, 0.25) is 0 Å². The zero-order valence-electron chi connectivity index (χ0n) is 12.9. The van der Waals surface area contributed by atoms with E-state index in [1.165, 1.54) is 6.07 Å². The van der Waals surface area contributed by atoms with Gasteiger partial charge in [0.1, 0.15) is 5.75 Å². The Morgan fingerprint density at radius 2 is 1.44 bits per heavy atom. The predicted molar refractivity (Wildman–Crippen MR) is 91.0 cm³/mol. The van der Waals surface area contributed by atoms with E-state index in [1.54, 1.807) is 12.1 Å². The molecule has 0 aromatic heterocycles. The molecule has 0 saturated heterocycles. The molecule has 4 aliphatic carbocycles. The zero-order valence-corrected chi connectivity index (χ0v) is 15.3. The molecule has 0 fully saturated rings. The maximum atomic E-state index is 12.6. The lowest BCUT2D eigenvalue weighted by Gasteiger charge is -2.16. The van der Waals surface area contributed by atoms with Crippen LogP contribution in [0.25, 0.3) is 0 Å². The van der Waals surface area contributed by atoms with Gasteiger partial charge >= 0.3 is 15.6 Å². The smallest absolute Gasteiger partial charge is 0.376 e. The number of rotatable bonds is 2. The van der Waals surface area contributed by atoms with Crippen molar-refractivity contribution in [1.29, 1.82) is 0 Å². The van der Waals surface area contributed by atoms with Crippen LogP contribution in [-0.4, -0.2) is 13.9 Å². The maximum Gasteiger partial charge on any atom is 0.534 e. The average Bonchev–Trinajstić information content (AvgIpc) is 2.50. The van der Waals surface area contributed by atoms with Crippen molar-refractivity contribution in [2.75, 3.05) is 0 Å². The van der Waals surface area contributed by atoms with Gasteiger partial charge in [0, 0.05) is 4.47 Å². The molecule has 3 nitrogen and oxygen atoms in total. The SMILES string of the molecule is O=S(=O)(Oc1cc2ccc1CCc1ccc(cc1Br)CC2)C(F)(F)F. The van der Waals surface area contributed by atoms with Crippen LogP contribution in [0.15, 0.2) is 40.9 Å². The first kappa shape index (κ1) is 18.3. The molecule has 4 bridgehead atoms. The number of hydrogen-bond donors (Lipinski definition) is 0. The third-order valence-corrected chi connectivity index (χ3v) is 5.80. The topological polar surface area (TPSA) is 43.4 Å². The molecule has 0 unspecified atom stereocenters. The van der Waals surface area contributed by atoms with E-state index in [0.717, 1.165) is 21.2 Å². The predicted octanol–water partition coefficient (Wildman–Crippen LogP) is 4.56. The van der Waals surface area contributed by atoms with Gasteiger partial charge in [0.05, 0.1) is 0 Å². The minimum absolute atomic E-state index is 0.249. The molecule has 0 saturated carbocycles. The lowest BCUT2D eigenvalue weighted by atomic mass is 9.96. The number of aryl methyl sites for hydroxylation is 4. The molecule has 8 heteroatoms. The summed E-state index contributed by atoms with van der Waals surface area (Å²) in [5.41, 5.74) is -2.22. The third kappa shape index (κ3) is 4.00. The second kappa shape index (κ2) is 6.64. The molecule has 134 valence electrons. The molecule has 0 radical (unpaired) electrons. The summed E-state index contributed by atoms with van der Waals surface area (Å²) in [5, 5.41) is 0. The van der Waals surface area contributed by atoms with Crippen LogP contribution in [0.2, 0.25) is 0 Å². The van der Waals surface area contributed by atoms with Crippen molar-refractivity contribution in [2.24, 2.45) is 0 Å².